The van der Waals surface area contributed by atoms with E-state index in [-0.39, 0.29) is 5.91 Å². The summed E-state index contributed by atoms with van der Waals surface area (Å²) in [7, 11) is 0. The summed E-state index contributed by atoms with van der Waals surface area (Å²) in [5, 5.41) is 3.99. The Bertz CT molecular complexity index is 312. The molecule has 1 aliphatic rings. The summed E-state index contributed by atoms with van der Waals surface area (Å²) < 4.78 is 0. The Hall–Kier alpha value is -0.830. The lowest BCUT2D eigenvalue weighted by Gasteiger charge is -2.14. The molecule has 0 N–H and O–H groups in total. The molecule has 0 saturated carbocycles. The molecule has 0 aliphatic carbocycles. The molecule has 1 amide bonds. The highest BCUT2D eigenvalue weighted by molar-refractivity contribution is 7.08. The van der Waals surface area contributed by atoms with Crippen LogP contribution in [0.1, 0.15) is 28.8 Å². The molecule has 0 radical (unpaired) electrons. The van der Waals surface area contributed by atoms with Gasteiger partial charge in [0.1, 0.15) is 0 Å². The fourth-order valence-electron chi connectivity index (χ4n) is 1.67. The first-order chi connectivity index (χ1) is 6.29. The fourth-order valence-corrected chi connectivity index (χ4v) is 2.49. The quantitative estimate of drug-likeness (QED) is 0.673. The minimum absolute atomic E-state index is 0.219. The van der Waals surface area contributed by atoms with Crippen LogP contribution in [0, 0.1) is 6.92 Å². The second-order valence-electron chi connectivity index (χ2n) is 3.47. The van der Waals surface area contributed by atoms with Gasteiger partial charge in [-0.3, -0.25) is 4.79 Å². The number of hydrogen-bond donors (Lipinski definition) is 0. The molecule has 0 unspecified atom stereocenters. The number of rotatable bonds is 1. The van der Waals surface area contributed by atoms with Crippen LogP contribution in [0.2, 0.25) is 0 Å². The molecule has 2 rings (SSSR count). The molecule has 1 fully saturated rings. The van der Waals surface area contributed by atoms with Crippen molar-refractivity contribution in [3.8, 4) is 0 Å². The van der Waals surface area contributed by atoms with Gasteiger partial charge in [-0.15, -0.1) is 0 Å². The largest absolute Gasteiger partial charge is 0.339 e. The van der Waals surface area contributed by atoms with E-state index in [0.717, 1.165) is 37.1 Å². The van der Waals surface area contributed by atoms with Gasteiger partial charge in [-0.1, -0.05) is 0 Å². The molecule has 0 spiro atoms. The maximum Gasteiger partial charge on any atom is 0.254 e. The maximum atomic E-state index is 11.9. The smallest absolute Gasteiger partial charge is 0.254 e. The Morgan fingerprint density at radius 1 is 1.38 bits per heavy atom. The molecule has 1 aromatic heterocycles. The third-order valence-corrected chi connectivity index (χ3v) is 3.34. The number of carbonyl (C=O) groups excluding carboxylic acids is 1. The summed E-state index contributed by atoms with van der Waals surface area (Å²) in [6, 6.07) is 0. The molecule has 70 valence electrons. The van der Waals surface area contributed by atoms with Gasteiger partial charge in [0.15, 0.2) is 0 Å². The van der Waals surface area contributed by atoms with Crippen LogP contribution in [0.3, 0.4) is 0 Å². The van der Waals surface area contributed by atoms with E-state index < -0.39 is 0 Å². The molecule has 0 aromatic carbocycles. The number of carbonyl (C=O) groups is 1. The monoisotopic (exact) mass is 195 g/mol. The van der Waals surface area contributed by atoms with Crippen molar-refractivity contribution in [3.05, 3.63) is 21.9 Å². The van der Waals surface area contributed by atoms with E-state index in [2.05, 4.69) is 0 Å². The highest BCUT2D eigenvalue weighted by Crippen LogP contribution is 2.18. The first kappa shape index (κ1) is 8.75. The minimum atomic E-state index is 0.219. The normalized spacial score (nSPS) is 16.5. The summed E-state index contributed by atoms with van der Waals surface area (Å²) in [4.78, 5) is 13.8. The number of hydrogen-bond acceptors (Lipinski definition) is 2. The third kappa shape index (κ3) is 1.61. The van der Waals surface area contributed by atoms with Gasteiger partial charge in [-0.05, 0) is 30.7 Å². The van der Waals surface area contributed by atoms with E-state index in [0.29, 0.717) is 0 Å². The topological polar surface area (TPSA) is 20.3 Å². The predicted octanol–water partition coefficient (Wildman–Crippen LogP) is 2.29. The average Bonchev–Trinajstić information content (AvgIpc) is 2.72. The van der Waals surface area contributed by atoms with Crippen molar-refractivity contribution in [3.63, 3.8) is 0 Å². The van der Waals surface area contributed by atoms with Crippen LogP contribution in [0.4, 0.5) is 0 Å². The number of thiophene rings is 1. The fraction of sp³-hybridized carbons (Fsp3) is 0.500. The number of aryl methyl sites for hydroxylation is 1. The molecule has 1 saturated heterocycles. The van der Waals surface area contributed by atoms with Gasteiger partial charge in [-0.25, -0.2) is 0 Å². The second-order valence-corrected chi connectivity index (χ2v) is 4.21. The van der Waals surface area contributed by atoms with Gasteiger partial charge in [0.25, 0.3) is 5.91 Å². The van der Waals surface area contributed by atoms with Gasteiger partial charge in [0.05, 0.1) is 5.56 Å². The zero-order valence-corrected chi connectivity index (χ0v) is 8.56. The minimum Gasteiger partial charge on any atom is -0.339 e. The third-order valence-electron chi connectivity index (χ3n) is 2.48. The predicted molar refractivity (Wildman–Crippen MR) is 54.2 cm³/mol. The van der Waals surface area contributed by atoms with E-state index in [9.17, 15) is 4.79 Å². The Kier molecular flexibility index (Phi) is 2.36. The lowest BCUT2D eigenvalue weighted by Crippen LogP contribution is -2.27. The lowest BCUT2D eigenvalue weighted by atomic mass is 10.2. The van der Waals surface area contributed by atoms with Crippen molar-refractivity contribution < 1.29 is 4.79 Å². The van der Waals surface area contributed by atoms with E-state index in [1.165, 1.54) is 0 Å². The van der Waals surface area contributed by atoms with Gasteiger partial charge in [-0.2, -0.15) is 11.3 Å². The number of nitrogens with zero attached hydrogens (tertiary/aromatic N) is 1. The van der Waals surface area contributed by atoms with Gasteiger partial charge < -0.3 is 4.90 Å². The average molecular weight is 195 g/mol. The van der Waals surface area contributed by atoms with Crippen molar-refractivity contribution in [1.82, 2.24) is 4.90 Å². The summed E-state index contributed by atoms with van der Waals surface area (Å²) in [5.41, 5.74) is 2.01. The second kappa shape index (κ2) is 3.50. The summed E-state index contributed by atoms with van der Waals surface area (Å²) >= 11 is 1.61. The molecule has 1 aliphatic heterocycles. The van der Waals surface area contributed by atoms with E-state index in [1.807, 2.05) is 22.6 Å². The maximum absolute atomic E-state index is 11.9. The van der Waals surface area contributed by atoms with Crippen LogP contribution >= 0.6 is 11.3 Å². The molecular weight excluding hydrogens is 182 g/mol. The van der Waals surface area contributed by atoms with Crippen LogP contribution in [0.5, 0.6) is 0 Å². The Labute approximate surface area is 82.2 Å². The Morgan fingerprint density at radius 3 is 2.62 bits per heavy atom. The lowest BCUT2D eigenvalue weighted by molar-refractivity contribution is 0.0792. The Morgan fingerprint density at radius 2 is 2.08 bits per heavy atom. The highest BCUT2D eigenvalue weighted by Gasteiger charge is 2.20. The van der Waals surface area contributed by atoms with Gasteiger partial charge >= 0.3 is 0 Å². The van der Waals surface area contributed by atoms with E-state index >= 15 is 0 Å². The van der Waals surface area contributed by atoms with Crippen LogP contribution in [0.25, 0.3) is 0 Å². The van der Waals surface area contributed by atoms with Crippen LogP contribution in [-0.2, 0) is 0 Å². The zero-order valence-electron chi connectivity index (χ0n) is 7.75. The molecule has 3 heteroatoms. The SMILES string of the molecule is Cc1cscc1C(=O)N1CCCC1. The molecular formula is C10H13NOS. The van der Waals surface area contributed by atoms with Gasteiger partial charge in [0, 0.05) is 18.5 Å². The van der Waals surface area contributed by atoms with Crippen LogP contribution in [0.15, 0.2) is 10.8 Å². The molecule has 2 heterocycles. The molecule has 1 aromatic rings. The van der Waals surface area contributed by atoms with Crippen LogP contribution < -0.4 is 0 Å². The standard InChI is InChI=1S/C10H13NOS/c1-8-6-13-7-9(8)10(12)11-4-2-3-5-11/h6-7H,2-5H2,1H3. The van der Waals surface area contributed by atoms with Crippen molar-refractivity contribution >= 4 is 17.2 Å². The molecule has 2 nitrogen and oxygen atoms in total. The van der Waals surface area contributed by atoms with E-state index in [1.54, 1.807) is 11.3 Å². The Balaban J connectivity index is 2.17. The summed E-state index contributed by atoms with van der Waals surface area (Å²) in [6.45, 7) is 3.88. The van der Waals surface area contributed by atoms with Gasteiger partial charge in [0.2, 0.25) is 0 Å². The number of likely N-dealkylation sites (tertiary alicyclic amines) is 1. The van der Waals surface area contributed by atoms with Crippen molar-refractivity contribution in [1.29, 1.82) is 0 Å². The zero-order chi connectivity index (χ0) is 9.26. The van der Waals surface area contributed by atoms with E-state index in [4.69, 9.17) is 0 Å². The number of amides is 1. The van der Waals surface area contributed by atoms with Crippen molar-refractivity contribution in [2.75, 3.05) is 13.1 Å². The molecule has 13 heavy (non-hydrogen) atoms. The summed E-state index contributed by atoms with van der Waals surface area (Å²) in [6.07, 6.45) is 2.32. The molecule has 0 atom stereocenters. The van der Waals surface area contributed by atoms with Crippen molar-refractivity contribution in [2.24, 2.45) is 0 Å². The first-order valence-electron chi connectivity index (χ1n) is 4.61. The highest BCUT2D eigenvalue weighted by atomic mass is 32.1. The summed E-state index contributed by atoms with van der Waals surface area (Å²) in [5.74, 6) is 0.219. The first-order valence-corrected chi connectivity index (χ1v) is 5.55. The van der Waals surface area contributed by atoms with Crippen molar-refractivity contribution in [2.45, 2.75) is 19.8 Å². The molecule has 0 bridgehead atoms. The van der Waals surface area contributed by atoms with Crippen LogP contribution in [-0.4, -0.2) is 23.9 Å².